The van der Waals surface area contributed by atoms with Gasteiger partial charge in [-0.15, -0.1) is 6.58 Å². The Morgan fingerprint density at radius 2 is 1.55 bits per heavy atom. The lowest BCUT2D eigenvalue weighted by molar-refractivity contribution is -0.289. The molecule has 55 heavy (non-hydrogen) atoms. The number of aliphatic hydroxyl groups is 3. The number of halogens is 1. The van der Waals surface area contributed by atoms with Gasteiger partial charge < -0.3 is 45.0 Å². The van der Waals surface area contributed by atoms with Gasteiger partial charge in [0.05, 0.1) is 29.8 Å². The monoisotopic (exact) mass is 765 g/mol. The summed E-state index contributed by atoms with van der Waals surface area (Å²) in [5, 5.41) is 61.4. The molecule has 12 heteroatoms. The number of carboxylic acid groups (broad SMARTS) is 1. The van der Waals surface area contributed by atoms with Crippen LogP contribution in [0.5, 0.6) is 11.5 Å². The van der Waals surface area contributed by atoms with E-state index in [1.807, 2.05) is 20.8 Å². The van der Waals surface area contributed by atoms with Crippen molar-refractivity contribution in [1.82, 2.24) is 4.90 Å². The minimum absolute atomic E-state index is 0.0528. The second-order valence-corrected chi connectivity index (χ2v) is 14.0. The fourth-order valence-electron chi connectivity index (χ4n) is 6.97. The standard InChI is InChI=1S/C36H40FNO10.C5H10.C2H6/c1-20(2)38-31(27-12-7-23(18-28(27)42)22-5-4-6-26(41)17-22)35(34(38)46)13-15-36(16-14-35,24-8-10-25(37)11-9-24)48-33(29(43)19-39)47-30(21(3)40)32(44)45;1-4-5(2)3;1-2/h4-12,17-18,21,29-31,33,39-43H,1,13-16,19H2,2-3H3,(H,44,45);2,4H2,1,3H3;1-2H3. The van der Waals surface area contributed by atoms with Gasteiger partial charge in [-0.25, -0.2) is 9.18 Å². The molecule has 1 spiro atoms. The maximum absolute atomic E-state index is 14.0. The van der Waals surface area contributed by atoms with Gasteiger partial charge in [0.2, 0.25) is 5.91 Å². The molecule has 11 nitrogen and oxygen atoms in total. The summed E-state index contributed by atoms with van der Waals surface area (Å²) in [6.07, 6.45) is -4.97. The van der Waals surface area contributed by atoms with Crippen molar-refractivity contribution < 1.29 is 54.1 Å². The molecule has 1 saturated carbocycles. The number of β-lactam (4-membered cyclic amide) rings is 1. The Balaban J connectivity index is 0.00000107. The zero-order valence-corrected chi connectivity index (χ0v) is 32.5. The van der Waals surface area contributed by atoms with Gasteiger partial charge in [-0.3, -0.25) is 4.79 Å². The maximum Gasteiger partial charge on any atom is 0.335 e. The first kappa shape index (κ1) is 44.8. The van der Waals surface area contributed by atoms with Gasteiger partial charge in [-0.05, 0) is 99.9 Å². The number of aliphatic hydroxyl groups excluding tert-OH is 3. The van der Waals surface area contributed by atoms with Crippen LogP contribution in [-0.4, -0.2) is 78.6 Å². The molecule has 3 aromatic rings. The molecule has 300 valence electrons. The third-order valence-corrected chi connectivity index (χ3v) is 10.1. The lowest BCUT2D eigenvalue weighted by Crippen LogP contribution is -2.64. The SMILES string of the molecule is C=C(C)CC.C=C(C)N1C(=O)C2(CCC(OC(OC(C(=O)O)C(C)O)C(O)CO)(c3ccc(F)cc3)CC2)C1c1ccc(-c2cccc(O)c2)cc1O.CC. The van der Waals surface area contributed by atoms with E-state index in [1.54, 1.807) is 49.4 Å². The smallest absolute Gasteiger partial charge is 0.335 e. The molecule has 1 amide bonds. The molecule has 6 N–H and O–H groups in total. The minimum Gasteiger partial charge on any atom is -0.508 e. The lowest BCUT2D eigenvalue weighted by atomic mass is 9.56. The summed E-state index contributed by atoms with van der Waals surface area (Å²) in [5.74, 6) is -2.21. The molecule has 0 radical (unpaired) electrons. The first-order chi connectivity index (χ1) is 26.0. The second-order valence-electron chi connectivity index (χ2n) is 14.0. The van der Waals surface area contributed by atoms with E-state index < -0.39 is 60.1 Å². The Morgan fingerprint density at radius 3 is 2.02 bits per heavy atom. The van der Waals surface area contributed by atoms with Gasteiger partial charge in [0.15, 0.2) is 12.4 Å². The summed E-state index contributed by atoms with van der Waals surface area (Å²) in [7, 11) is 0. The second kappa shape index (κ2) is 19.3. The van der Waals surface area contributed by atoms with E-state index in [4.69, 9.17) is 9.47 Å². The molecule has 5 atom stereocenters. The zero-order chi connectivity index (χ0) is 41.2. The molecule has 3 aromatic carbocycles. The van der Waals surface area contributed by atoms with E-state index in [9.17, 15) is 44.6 Å². The molecule has 5 rings (SSSR count). The Morgan fingerprint density at radius 1 is 0.964 bits per heavy atom. The van der Waals surface area contributed by atoms with Crippen molar-refractivity contribution in [3.05, 3.63) is 108 Å². The molecule has 2 fully saturated rings. The molecule has 1 heterocycles. The molecule has 2 aliphatic rings. The van der Waals surface area contributed by atoms with Crippen molar-refractivity contribution in [2.24, 2.45) is 5.41 Å². The topological polar surface area (TPSA) is 177 Å². The molecule has 1 aliphatic carbocycles. The highest BCUT2D eigenvalue weighted by Crippen LogP contribution is 2.63. The number of phenols is 2. The van der Waals surface area contributed by atoms with Gasteiger partial charge >= 0.3 is 5.97 Å². The number of hydrogen-bond acceptors (Lipinski definition) is 9. The lowest BCUT2D eigenvalue weighted by Gasteiger charge is -2.60. The predicted molar refractivity (Wildman–Crippen MR) is 207 cm³/mol. The van der Waals surface area contributed by atoms with Gasteiger partial charge in [-0.2, -0.15) is 0 Å². The van der Waals surface area contributed by atoms with Gasteiger partial charge in [0, 0.05) is 11.3 Å². The quantitative estimate of drug-likeness (QED) is 0.0587. The van der Waals surface area contributed by atoms with Crippen molar-refractivity contribution >= 4 is 11.9 Å². The van der Waals surface area contributed by atoms with Crippen LogP contribution in [0.4, 0.5) is 4.39 Å². The van der Waals surface area contributed by atoms with Gasteiger partial charge in [-0.1, -0.05) is 69.3 Å². The highest BCUT2D eigenvalue weighted by molar-refractivity contribution is 5.93. The first-order valence-electron chi connectivity index (χ1n) is 18.5. The first-order valence-corrected chi connectivity index (χ1v) is 18.5. The van der Waals surface area contributed by atoms with Crippen molar-refractivity contribution in [2.45, 2.75) is 110 Å². The molecule has 1 aliphatic heterocycles. The summed E-state index contributed by atoms with van der Waals surface area (Å²) in [5.41, 5.74) is 1.71. The number of benzene rings is 3. The number of amides is 1. The highest BCUT2D eigenvalue weighted by Gasteiger charge is 2.64. The summed E-state index contributed by atoms with van der Waals surface area (Å²) in [6.45, 7) is 17.8. The number of likely N-dealkylation sites (tertiary alicyclic amines) is 1. The van der Waals surface area contributed by atoms with Crippen LogP contribution in [0.3, 0.4) is 0 Å². The average Bonchev–Trinajstić information content (AvgIpc) is 3.16. The number of nitrogens with zero attached hydrogens (tertiary/aromatic N) is 1. The van der Waals surface area contributed by atoms with Crippen LogP contribution in [0.2, 0.25) is 0 Å². The number of ether oxygens (including phenoxy) is 2. The highest BCUT2D eigenvalue weighted by atomic mass is 19.1. The molecule has 5 unspecified atom stereocenters. The van der Waals surface area contributed by atoms with Crippen LogP contribution in [-0.2, 0) is 24.7 Å². The summed E-state index contributed by atoms with van der Waals surface area (Å²) >= 11 is 0. The Labute approximate surface area is 323 Å². The van der Waals surface area contributed by atoms with Crippen LogP contribution in [0, 0.1) is 11.2 Å². The predicted octanol–water partition coefficient (Wildman–Crippen LogP) is 7.32. The molecular formula is C43H56FNO10. The number of carbonyl (C=O) groups is 2. The van der Waals surface area contributed by atoms with E-state index >= 15 is 0 Å². The number of carboxylic acids is 1. The fourth-order valence-corrected chi connectivity index (χ4v) is 6.97. The van der Waals surface area contributed by atoms with E-state index in [0.29, 0.717) is 28.0 Å². The summed E-state index contributed by atoms with van der Waals surface area (Å²) in [4.78, 5) is 27.3. The van der Waals surface area contributed by atoms with E-state index in [0.717, 1.165) is 6.42 Å². The Bertz CT molecular complexity index is 1780. The van der Waals surface area contributed by atoms with Crippen LogP contribution in [0.15, 0.2) is 91.2 Å². The average molecular weight is 766 g/mol. The van der Waals surface area contributed by atoms with Crippen LogP contribution in [0.1, 0.15) is 90.8 Å². The summed E-state index contributed by atoms with van der Waals surface area (Å²) in [6, 6.07) is 16.5. The third kappa shape index (κ3) is 10.00. The van der Waals surface area contributed by atoms with Crippen LogP contribution < -0.4 is 0 Å². The van der Waals surface area contributed by atoms with Crippen LogP contribution >= 0.6 is 0 Å². The number of phenolic OH excluding ortho intramolecular Hbond substituents is 2. The molecule has 0 aromatic heterocycles. The normalized spacial score (nSPS) is 22.5. The van der Waals surface area contributed by atoms with Crippen molar-refractivity contribution in [3.8, 4) is 22.6 Å². The minimum atomic E-state index is -1.80. The van der Waals surface area contributed by atoms with Gasteiger partial charge in [0.1, 0.15) is 23.4 Å². The van der Waals surface area contributed by atoms with E-state index in [2.05, 4.69) is 20.1 Å². The zero-order valence-electron chi connectivity index (χ0n) is 32.5. The number of aromatic hydroxyl groups is 2. The molecule has 1 saturated heterocycles. The number of aliphatic carboxylic acids is 1. The summed E-state index contributed by atoms with van der Waals surface area (Å²) < 4.78 is 25.9. The number of allylic oxidation sites excluding steroid dienone is 2. The number of hydrogen-bond donors (Lipinski definition) is 6. The molecular weight excluding hydrogens is 709 g/mol. The van der Waals surface area contributed by atoms with Crippen molar-refractivity contribution in [3.63, 3.8) is 0 Å². The van der Waals surface area contributed by atoms with Crippen molar-refractivity contribution in [1.29, 1.82) is 0 Å². The van der Waals surface area contributed by atoms with E-state index in [-0.39, 0.29) is 43.1 Å². The van der Waals surface area contributed by atoms with E-state index in [1.165, 1.54) is 41.7 Å². The van der Waals surface area contributed by atoms with Crippen LogP contribution in [0.25, 0.3) is 11.1 Å². The Kier molecular flexibility index (Phi) is 15.7. The third-order valence-electron chi connectivity index (χ3n) is 10.1. The number of carbonyl (C=O) groups excluding carboxylic acids is 1. The Hall–Kier alpha value is -4.59. The maximum atomic E-state index is 14.0. The van der Waals surface area contributed by atoms with Gasteiger partial charge in [0.25, 0.3) is 0 Å². The number of rotatable bonds is 13. The largest absolute Gasteiger partial charge is 0.508 e. The van der Waals surface area contributed by atoms with Crippen molar-refractivity contribution in [2.75, 3.05) is 6.61 Å². The molecule has 0 bridgehead atoms. The fraction of sp³-hybridized carbons (Fsp3) is 0.442.